The van der Waals surface area contributed by atoms with Crippen LogP contribution in [0.4, 0.5) is 5.69 Å². The fourth-order valence-corrected chi connectivity index (χ4v) is 2.63. The van der Waals surface area contributed by atoms with Gasteiger partial charge in [0.25, 0.3) is 0 Å². The van der Waals surface area contributed by atoms with E-state index in [4.69, 9.17) is 4.74 Å². The summed E-state index contributed by atoms with van der Waals surface area (Å²) >= 11 is 0. The van der Waals surface area contributed by atoms with E-state index in [-0.39, 0.29) is 35.8 Å². The van der Waals surface area contributed by atoms with Crippen molar-refractivity contribution >= 4 is 41.5 Å². The molecule has 1 aliphatic rings. The van der Waals surface area contributed by atoms with E-state index >= 15 is 0 Å². The number of carbonyl (C=O) groups is 1. The number of rotatable bonds is 7. The summed E-state index contributed by atoms with van der Waals surface area (Å²) in [7, 11) is 1.70. The number of amides is 1. The Morgan fingerprint density at radius 2 is 2.17 bits per heavy atom. The summed E-state index contributed by atoms with van der Waals surface area (Å²) in [6.45, 7) is 4.96. The van der Waals surface area contributed by atoms with Crippen LogP contribution in [-0.2, 0) is 9.53 Å². The van der Waals surface area contributed by atoms with Crippen LogP contribution in [0.3, 0.4) is 0 Å². The number of para-hydroxylation sites is 1. The Morgan fingerprint density at radius 1 is 1.38 bits per heavy atom. The van der Waals surface area contributed by atoms with Crippen LogP contribution in [-0.4, -0.2) is 45.2 Å². The van der Waals surface area contributed by atoms with Crippen LogP contribution in [0, 0.1) is 0 Å². The predicted molar refractivity (Wildman–Crippen MR) is 108 cm³/mol. The third-order valence-corrected chi connectivity index (χ3v) is 3.74. The minimum absolute atomic E-state index is 0. The first-order chi connectivity index (χ1) is 11.2. The van der Waals surface area contributed by atoms with Gasteiger partial charge in [0.2, 0.25) is 5.91 Å². The monoisotopic (exact) mass is 446 g/mol. The zero-order valence-corrected chi connectivity index (χ0v) is 16.6. The van der Waals surface area contributed by atoms with Gasteiger partial charge in [0.15, 0.2) is 5.96 Å². The molecule has 1 aromatic carbocycles. The lowest BCUT2D eigenvalue weighted by atomic mass is 9.91. The van der Waals surface area contributed by atoms with Crippen LogP contribution in [0.15, 0.2) is 29.3 Å². The molecule has 0 radical (unpaired) electrons. The van der Waals surface area contributed by atoms with Crippen molar-refractivity contribution in [1.29, 1.82) is 0 Å². The molecule has 0 aromatic heterocycles. The molecule has 0 saturated carbocycles. The van der Waals surface area contributed by atoms with Crippen molar-refractivity contribution in [2.24, 2.45) is 4.99 Å². The Balaban J connectivity index is 0.00000288. The van der Waals surface area contributed by atoms with Gasteiger partial charge in [0, 0.05) is 44.8 Å². The van der Waals surface area contributed by atoms with Crippen LogP contribution in [0.25, 0.3) is 0 Å². The molecule has 0 aliphatic carbocycles. The van der Waals surface area contributed by atoms with Crippen LogP contribution >= 0.6 is 24.0 Å². The minimum Gasteiger partial charge on any atom is -0.385 e. The van der Waals surface area contributed by atoms with Gasteiger partial charge in [0.05, 0.1) is 6.54 Å². The summed E-state index contributed by atoms with van der Waals surface area (Å²) in [5.41, 5.74) is 2.06. The highest BCUT2D eigenvalue weighted by molar-refractivity contribution is 14.0. The predicted octanol–water partition coefficient (Wildman–Crippen LogP) is 2.32. The van der Waals surface area contributed by atoms with E-state index in [0.29, 0.717) is 13.0 Å². The Morgan fingerprint density at radius 3 is 2.92 bits per heavy atom. The SMILES string of the molecule is CCNC(=NCC1CC(=O)Nc2ccccc21)NCCCOC.I. The second-order valence-electron chi connectivity index (χ2n) is 5.53. The van der Waals surface area contributed by atoms with Gasteiger partial charge >= 0.3 is 0 Å². The molecular formula is C17H27IN4O2. The number of hydrogen-bond acceptors (Lipinski definition) is 3. The van der Waals surface area contributed by atoms with E-state index in [1.165, 1.54) is 0 Å². The van der Waals surface area contributed by atoms with E-state index in [1.54, 1.807) is 7.11 Å². The summed E-state index contributed by atoms with van der Waals surface area (Å²) in [6, 6.07) is 7.94. The third-order valence-electron chi connectivity index (χ3n) is 3.74. The average Bonchev–Trinajstić information content (AvgIpc) is 2.56. The van der Waals surface area contributed by atoms with Crippen LogP contribution < -0.4 is 16.0 Å². The van der Waals surface area contributed by atoms with Crippen LogP contribution in [0.5, 0.6) is 0 Å². The van der Waals surface area contributed by atoms with Crippen molar-refractivity contribution < 1.29 is 9.53 Å². The summed E-state index contributed by atoms with van der Waals surface area (Å²) in [5.74, 6) is 0.961. The smallest absolute Gasteiger partial charge is 0.225 e. The van der Waals surface area contributed by atoms with Gasteiger partial charge in [-0.05, 0) is 25.0 Å². The lowest BCUT2D eigenvalue weighted by molar-refractivity contribution is -0.116. The molecule has 24 heavy (non-hydrogen) atoms. The zero-order valence-electron chi connectivity index (χ0n) is 14.3. The molecule has 1 heterocycles. The number of nitrogens with zero attached hydrogens (tertiary/aromatic N) is 1. The molecule has 1 atom stereocenters. The van der Waals surface area contributed by atoms with E-state index in [1.807, 2.05) is 25.1 Å². The third kappa shape index (κ3) is 6.27. The van der Waals surface area contributed by atoms with E-state index in [0.717, 1.165) is 43.3 Å². The second-order valence-corrected chi connectivity index (χ2v) is 5.53. The molecule has 1 unspecified atom stereocenters. The van der Waals surface area contributed by atoms with Crippen molar-refractivity contribution in [2.75, 3.05) is 38.7 Å². The molecule has 3 N–H and O–H groups in total. The fraction of sp³-hybridized carbons (Fsp3) is 0.529. The highest BCUT2D eigenvalue weighted by atomic mass is 127. The molecular weight excluding hydrogens is 419 g/mol. The maximum Gasteiger partial charge on any atom is 0.225 e. The number of benzene rings is 1. The zero-order chi connectivity index (χ0) is 16.5. The molecule has 0 fully saturated rings. The highest BCUT2D eigenvalue weighted by Crippen LogP contribution is 2.31. The van der Waals surface area contributed by atoms with Crippen molar-refractivity contribution in [3.63, 3.8) is 0 Å². The van der Waals surface area contributed by atoms with Crippen molar-refractivity contribution in [3.8, 4) is 0 Å². The minimum atomic E-state index is 0. The summed E-state index contributed by atoms with van der Waals surface area (Å²) in [4.78, 5) is 16.5. The van der Waals surface area contributed by atoms with E-state index < -0.39 is 0 Å². The molecule has 6 nitrogen and oxygen atoms in total. The van der Waals surface area contributed by atoms with Crippen molar-refractivity contribution in [2.45, 2.75) is 25.7 Å². The number of anilines is 1. The average molecular weight is 446 g/mol. The first kappa shape index (κ1) is 20.7. The van der Waals surface area contributed by atoms with Gasteiger partial charge in [-0.25, -0.2) is 0 Å². The molecule has 0 saturated heterocycles. The topological polar surface area (TPSA) is 74.8 Å². The number of methoxy groups -OCH3 is 1. The van der Waals surface area contributed by atoms with Gasteiger partial charge < -0.3 is 20.7 Å². The van der Waals surface area contributed by atoms with Gasteiger partial charge in [-0.3, -0.25) is 9.79 Å². The molecule has 0 spiro atoms. The Kier molecular flexibility index (Phi) is 9.70. The van der Waals surface area contributed by atoms with Crippen LogP contribution in [0.2, 0.25) is 0 Å². The van der Waals surface area contributed by atoms with E-state index in [2.05, 4.69) is 27.0 Å². The number of guanidine groups is 1. The molecule has 0 bridgehead atoms. The standard InChI is InChI=1S/C17H26N4O2.HI/c1-3-18-17(19-9-6-10-23-2)20-12-13-11-16(22)21-15-8-5-4-7-14(13)15;/h4-5,7-8,13H,3,6,9-12H2,1-2H3,(H,21,22)(H2,18,19,20);1H. The van der Waals surface area contributed by atoms with E-state index in [9.17, 15) is 4.79 Å². The lowest BCUT2D eigenvalue weighted by Gasteiger charge is -2.24. The van der Waals surface area contributed by atoms with Gasteiger partial charge in [-0.15, -0.1) is 24.0 Å². The quantitative estimate of drug-likeness (QED) is 0.260. The fourth-order valence-electron chi connectivity index (χ4n) is 2.63. The lowest BCUT2D eigenvalue weighted by Crippen LogP contribution is -2.38. The molecule has 2 rings (SSSR count). The normalized spacial score (nSPS) is 16.7. The molecule has 7 heteroatoms. The number of aliphatic imine (C=N–C) groups is 1. The summed E-state index contributed by atoms with van der Waals surface area (Å²) in [6.07, 6.45) is 1.40. The first-order valence-corrected chi connectivity index (χ1v) is 8.14. The number of fused-ring (bicyclic) bond motifs is 1. The van der Waals surface area contributed by atoms with Gasteiger partial charge in [0.1, 0.15) is 0 Å². The summed E-state index contributed by atoms with van der Waals surface area (Å²) < 4.78 is 5.04. The Hall–Kier alpha value is -1.35. The molecule has 134 valence electrons. The summed E-state index contributed by atoms with van der Waals surface area (Å²) in [5, 5.41) is 9.44. The second kappa shape index (κ2) is 11.2. The highest BCUT2D eigenvalue weighted by Gasteiger charge is 2.24. The maximum absolute atomic E-state index is 11.8. The molecule has 1 aromatic rings. The molecule has 1 aliphatic heterocycles. The number of hydrogen-bond donors (Lipinski definition) is 3. The van der Waals surface area contributed by atoms with Crippen LogP contribution in [0.1, 0.15) is 31.2 Å². The number of nitrogens with one attached hydrogen (secondary N) is 3. The molecule has 1 amide bonds. The number of halogens is 1. The number of carbonyl (C=O) groups excluding carboxylic acids is 1. The first-order valence-electron chi connectivity index (χ1n) is 8.14. The van der Waals surface area contributed by atoms with Gasteiger partial charge in [-0.1, -0.05) is 18.2 Å². The van der Waals surface area contributed by atoms with Gasteiger partial charge in [-0.2, -0.15) is 0 Å². The van der Waals surface area contributed by atoms with Crippen molar-refractivity contribution in [1.82, 2.24) is 10.6 Å². The number of ether oxygens (including phenoxy) is 1. The Labute approximate surface area is 160 Å². The largest absolute Gasteiger partial charge is 0.385 e. The Bertz CT molecular complexity index is 551. The maximum atomic E-state index is 11.8. The van der Waals surface area contributed by atoms with Crippen molar-refractivity contribution in [3.05, 3.63) is 29.8 Å².